The molecule has 0 spiro atoms. The fourth-order valence-corrected chi connectivity index (χ4v) is 0.866. The van der Waals surface area contributed by atoms with Crippen LogP contribution in [0.4, 0.5) is 0 Å². The Balaban J connectivity index is 0.000000325. The average Bonchev–Trinajstić information content (AvgIpc) is 2.28. The molecular formula is C10H13NO5S. The van der Waals surface area contributed by atoms with Crippen LogP contribution >= 0.6 is 12.6 Å². The number of hydrogen-bond donors (Lipinski definition) is 5. The fraction of sp³-hybridized carbons (Fsp3) is 0.200. The fourth-order valence-electron chi connectivity index (χ4n) is 0.710. The Morgan fingerprint density at radius 2 is 2.06 bits per heavy atom. The molecule has 0 aliphatic rings. The van der Waals surface area contributed by atoms with Gasteiger partial charge in [0.1, 0.15) is 17.5 Å². The first-order valence-corrected chi connectivity index (χ1v) is 5.12. The second-order valence-corrected chi connectivity index (χ2v) is 3.35. The second-order valence-electron chi connectivity index (χ2n) is 2.99. The average molecular weight is 259 g/mol. The molecule has 0 amide bonds. The molecule has 6 nitrogen and oxygen atoms in total. The predicted molar refractivity (Wildman–Crippen MR) is 64.6 cm³/mol. The van der Waals surface area contributed by atoms with Gasteiger partial charge in [0.2, 0.25) is 0 Å². The summed E-state index contributed by atoms with van der Waals surface area (Å²) >= 11 is 3.65. The van der Waals surface area contributed by atoms with E-state index in [1.165, 1.54) is 12.1 Å². The summed E-state index contributed by atoms with van der Waals surface area (Å²) in [6.45, 7) is 0. The molecule has 1 rings (SSSR count). The van der Waals surface area contributed by atoms with Crippen LogP contribution in [-0.4, -0.2) is 39.4 Å². The van der Waals surface area contributed by atoms with Gasteiger partial charge >= 0.3 is 5.97 Å². The molecule has 0 aliphatic carbocycles. The minimum Gasteiger partial charge on any atom is -0.508 e. The molecule has 0 fully saturated rings. The van der Waals surface area contributed by atoms with Gasteiger partial charge < -0.3 is 21.1 Å². The van der Waals surface area contributed by atoms with E-state index in [0.717, 1.165) is 6.07 Å². The van der Waals surface area contributed by atoms with Crippen molar-refractivity contribution in [3.05, 3.63) is 23.8 Å². The highest BCUT2D eigenvalue weighted by Crippen LogP contribution is 2.20. The van der Waals surface area contributed by atoms with Crippen LogP contribution in [0.15, 0.2) is 18.2 Å². The van der Waals surface area contributed by atoms with Gasteiger partial charge in [-0.25, -0.2) is 0 Å². The molecule has 17 heavy (non-hydrogen) atoms. The summed E-state index contributed by atoms with van der Waals surface area (Å²) in [5, 5.41) is 25.7. The quantitative estimate of drug-likeness (QED) is 0.391. The molecule has 1 aromatic carbocycles. The third kappa shape index (κ3) is 5.79. The number of aliphatic carboxylic acids is 1. The smallest absolute Gasteiger partial charge is 0.321 e. The molecule has 0 aromatic heterocycles. The maximum Gasteiger partial charge on any atom is 0.321 e. The minimum atomic E-state index is -1.00. The van der Waals surface area contributed by atoms with Crippen molar-refractivity contribution in [2.75, 3.05) is 5.75 Å². The van der Waals surface area contributed by atoms with E-state index >= 15 is 0 Å². The Kier molecular flexibility index (Phi) is 6.76. The first-order valence-electron chi connectivity index (χ1n) is 4.48. The lowest BCUT2D eigenvalue weighted by molar-refractivity contribution is -0.137. The number of carboxylic acid groups (broad SMARTS) is 1. The Labute approximate surface area is 103 Å². The highest BCUT2D eigenvalue weighted by atomic mass is 32.1. The normalized spacial score (nSPS) is 10.9. The van der Waals surface area contributed by atoms with E-state index in [-0.39, 0.29) is 22.8 Å². The zero-order valence-electron chi connectivity index (χ0n) is 8.78. The number of carboxylic acids is 1. The van der Waals surface area contributed by atoms with E-state index in [0.29, 0.717) is 6.29 Å². The van der Waals surface area contributed by atoms with Crippen LogP contribution in [0.3, 0.4) is 0 Å². The van der Waals surface area contributed by atoms with Crippen LogP contribution in [0.1, 0.15) is 10.4 Å². The number of carbonyl (C=O) groups is 2. The maximum atomic E-state index is 10.1. The van der Waals surface area contributed by atoms with Gasteiger partial charge in [-0.05, 0) is 12.1 Å². The first kappa shape index (κ1) is 15.3. The number of phenolic OH excluding ortho intramolecular Hbond substituents is 2. The Hall–Kier alpha value is -1.73. The zero-order chi connectivity index (χ0) is 13.4. The number of carbonyl (C=O) groups excluding carboxylic acids is 1. The molecule has 0 bridgehead atoms. The molecule has 0 heterocycles. The number of hydrogen-bond acceptors (Lipinski definition) is 6. The summed E-state index contributed by atoms with van der Waals surface area (Å²) < 4.78 is 0. The van der Waals surface area contributed by atoms with E-state index in [9.17, 15) is 9.59 Å². The van der Waals surface area contributed by atoms with Gasteiger partial charge in [-0.2, -0.15) is 12.6 Å². The van der Waals surface area contributed by atoms with Gasteiger partial charge in [0, 0.05) is 11.8 Å². The summed E-state index contributed by atoms with van der Waals surface area (Å²) in [6, 6.07) is 2.98. The van der Waals surface area contributed by atoms with Crippen molar-refractivity contribution in [3.8, 4) is 11.5 Å². The monoisotopic (exact) mass is 259 g/mol. The number of nitrogens with two attached hydrogens (primary N) is 1. The molecule has 0 saturated heterocycles. The van der Waals surface area contributed by atoms with Crippen molar-refractivity contribution in [1.82, 2.24) is 0 Å². The van der Waals surface area contributed by atoms with Gasteiger partial charge in [0.05, 0.1) is 5.56 Å². The standard InChI is InChI=1S/C7H6O3.C3H7NO2S/c8-4-5-1-2-6(9)3-7(5)10;4-2(1-7)3(5)6/h1-4,9-10H;2,7H,1,4H2,(H,5,6). The van der Waals surface area contributed by atoms with E-state index < -0.39 is 12.0 Å². The first-order chi connectivity index (χ1) is 7.92. The van der Waals surface area contributed by atoms with Crippen molar-refractivity contribution in [1.29, 1.82) is 0 Å². The summed E-state index contributed by atoms with van der Waals surface area (Å²) in [5.74, 6) is -1.07. The summed E-state index contributed by atoms with van der Waals surface area (Å²) in [6.07, 6.45) is 0.523. The summed E-state index contributed by atoms with van der Waals surface area (Å²) in [5.41, 5.74) is 5.12. The number of phenols is 2. The van der Waals surface area contributed by atoms with Crippen LogP contribution in [-0.2, 0) is 4.79 Å². The number of thiol groups is 1. The molecule has 5 N–H and O–H groups in total. The largest absolute Gasteiger partial charge is 0.508 e. The molecular weight excluding hydrogens is 246 g/mol. The SMILES string of the molecule is NC(CS)C(=O)O.O=Cc1ccc(O)cc1O. The molecule has 94 valence electrons. The number of rotatable bonds is 3. The van der Waals surface area contributed by atoms with Gasteiger partial charge in [0.25, 0.3) is 0 Å². The Morgan fingerprint density at radius 3 is 2.35 bits per heavy atom. The molecule has 0 aliphatic heterocycles. The lowest BCUT2D eigenvalue weighted by Crippen LogP contribution is -2.31. The lowest BCUT2D eigenvalue weighted by Gasteiger charge is -1.96. The van der Waals surface area contributed by atoms with Gasteiger partial charge in [-0.1, -0.05) is 0 Å². The van der Waals surface area contributed by atoms with Gasteiger partial charge in [-0.3, -0.25) is 9.59 Å². The van der Waals surface area contributed by atoms with Gasteiger partial charge in [0.15, 0.2) is 6.29 Å². The van der Waals surface area contributed by atoms with Crippen LogP contribution in [0.25, 0.3) is 0 Å². The Morgan fingerprint density at radius 1 is 1.47 bits per heavy atom. The topological polar surface area (TPSA) is 121 Å². The zero-order valence-corrected chi connectivity index (χ0v) is 9.67. The molecule has 1 atom stereocenters. The summed E-state index contributed by atoms with van der Waals surface area (Å²) in [4.78, 5) is 19.9. The predicted octanol–water partition coefficient (Wildman–Crippen LogP) is 0.238. The molecule has 1 unspecified atom stereocenters. The van der Waals surface area contributed by atoms with Crippen molar-refractivity contribution >= 4 is 24.9 Å². The van der Waals surface area contributed by atoms with Crippen LogP contribution < -0.4 is 5.73 Å². The summed E-state index contributed by atoms with van der Waals surface area (Å²) in [7, 11) is 0. The van der Waals surface area contributed by atoms with E-state index in [4.69, 9.17) is 21.1 Å². The molecule has 0 saturated carbocycles. The maximum absolute atomic E-state index is 10.1. The lowest BCUT2D eigenvalue weighted by atomic mass is 10.2. The van der Waals surface area contributed by atoms with Crippen LogP contribution in [0.5, 0.6) is 11.5 Å². The van der Waals surface area contributed by atoms with Crippen molar-refractivity contribution in [2.24, 2.45) is 5.73 Å². The number of benzene rings is 1. The third-order valence-corrected chi connectivity index (χ3v) is 2.05. The Bertz CT molecular complexity index is 396. The molecule has 1 aromatic rings. The third-order valence-electron chi connectivity index (χ3n) is 1.65. The highest BCUT2D eigenvalue weighted by molar-refractivity contribution is 7.80. The van der Waals surface area contributed by atoms with E-state index in [1.54, 1.807) is 0 Å². The molecule has 7 heteroatoms. The van der Waals surface area contributed by atoms with Crippen molar-refractivity contribution in [2.45, 2.75) is 6.04 Å². The van der Waals surface area contributed by atoms with Crippen molar-refractivity contribution < 1.29 is 24.9 Å². The van der Waals surface area contributed by atoms with Gasteiger partial charge in [-0.15, -0.1) is 0 Å². The van der Waals surface area contributed by atoms with Crippen LogP contribution in [0.2, 0.25) is 0 Å². The minimum absolute atomic E-state index is 0.0527. The second kappa shape index (κ2) is 7.53. The van der Waals surface area contributed by atoms with Crippen LogP contribution in [0, 0.1) is 0 Å². The van der Waals surface area contributed by atoms with Crippen molar-refractivity contribution in [3.63, 3.8) is 0 Å². The molecule has 0 radical (unpaired) electrons. The number of aldehydes is 1. The van der Waals surface area contributed by atoms with E-state index in [2.05, 4.69) is 12.6 Å². The van der Waals surface area contributed by atoms with E-state index in [1.807, 2.05) is 0 Å². The number of aromatic hydroxyl groups is 2. The highest BCUT2D eigenvalue weighted by Gasteiger charge is 2.06.